The molecule has 0 saturated heterocycles. The minimum Gasteiger partial charge on any atom is -0.274 e. The summed E-state index contributed by atoms with van der Waals surface area (Å²) in [7, 11) is 1.29. The van der Waals surface area contributed by atoms with Crippen molar-refractivity contribution in [1.82, 2.24) is 10.0 Å². The molecule has 0 spiro atoms. The summed E-state index contributed by atoms with van der Waals surface area (Å²) in [6.45, 7) is -0.648. The van der Waals surface area contributed by atoms with Crippen LogP contribution in [0.2, 0.25) is 0 Å². The van der Waals surface area contributed by atoms with Crippen LogP contribution in [0.15, 0.2) is 24.5 Å². The quantitative estimate of drug-likeness (QED) is 0.529. The molecule has 0 atom stereocenters. The van der Waals surface area contributed by atoms with E-state index in [0.29, 0.717) is 0 Å². The van der Waals surface area contributed by atoms with E-state index in [1.165, 1.54) is 7.11 Å². The van der Waals surface area contributed by atoms with Gasteiger partial charge in [0.25, 0.3) is 6.54 Å². The number of hydrogen-bond donors (Lipinski definition) is 0. The number of carbonyl (C=O) groups excluding carboxylic acids is 1. The zero-order valence-corrected chi connectivity index (χ0v) is 8.70. The van der Waals surface area contributed by atoms with E-state index in [0.717, 1.165) is 10.6 Å². The maximum atomic E-state index is 11.3. The van der Waals surface area contributed by atoms with Crippen LogP contribution >= 0.6 is 0 Å². The Bertz CT molecular complexity index is 368. The number of rotatable bonds is 5. The minimum atomic E-state index is -0.784. The average Bonchev–Trinajstić information content (AvgIpc) is 2.26. The highest BCUT2D eigenvalue weighted by atomic mass is 16.7. The van der Waals surface area contributed by atoms with Gasteiger partial charge in [-0.1, -0.05) is 6.07 Å². The second kappa shape index (κ2) is 5.76. The Balaban J connectivity index is 2.62. The number of carbonyl (C=O) groups is 1. The monoisotopic (exact) mass is 225 g/mol. The zero-order valence-electron chi connectivity index (χ0n) is 8.70. The zero-order chi connectivity index (χ0) is 12.0. The summed E-state index contributed by atoms with van der Waals surface area (Å²) in [5, 5.41) is 11.1. The van der Waals surface area contributed by atoms with Crippen molar-refractivity contribution < 1.29 is 14.6 Å². The highest BCUT2D eigenvalue weighted by molar-refractivity contribution is 5.76. The molecule has 1 heterocycles. The highest BCUT2D eigenvalue weighted by Gasteiger charge is 2.19. The van der Waals surface area contributed by atoms with Crippen LogP contribution in [0.1, 0.15) is 5.56 Å². The van der Waals surface area contributed by atoms with Crippen molar-refractivity contribution in [1.29, 1.82) is 0 Å². The van der Waals surface area contributed by atoms with E-state index >= 15 is 0 Å². The lowest BCUT2D eigenvalue weighted by molar-refractivity contribution is -0.470. The van der Waals surface area contributed by atoms with Gasteiger partial charge in [0.1, 0.15) is 0 Å². The van der Waals surface area contributed by atoms with Crippen LogP contribution in [0.4, 0.5) is 0 Å². The second-order valence-corrected chi connectivity index (χ2v) is 2.97. The summed E-state index contributed by atoms with van der Waals surface area (Å²) in [5.74, 6) is -0.698. The smallest absolute Gasteiger partial charge is 0.274 e. The summed E-state index contributed by atoms with van der Waals surface area (Å²) in [6, 6.07) is 3.46. The van der Waals surface area contributed by atoms with E-state index in [-0.39, 0.29) is 6.54 Å². The molecule has 0 bridgehead atoms. The molecule has 7 heteroatoms. The summed E-state index contributed by atoms with van der Waals surface area (Å²) < 4.78 is 0. The third-order valence-corrected chi connectivity index (χ3v) is 1.81. The summed E-state index contributed by atoms with van der Waals surface area (Å²) in [6.07, 6.45) is 3.16. The van der Waals surface area contributed by atoms with Gasteiger partial charge in [-0.3, -0.25) is 24.7 Å². The normalized spacial score (nSPS) is 9.81. The van der Waals surface area contributed by atoms with Gasteiger partial charge in [0.15, 0.2) is 0 Å². The number of hydroxylamine groups is 2. The van der Waals surface area contributed by atoms with Crippen LogP contribution in [0.3, 0.4) is 0 Å². The first-order chi connectivity index (χ1) is 7.63. The molecule has 0 unspecified atom stereocenters. The molecule has 86 valence electrons. The third-order valence-electron chi connectivity index (χ3n) is 1.81. The number of pyridine rings is 1. The van der Waals surface area contributed by atoms with E-state index in [2.05, 4.69) is 4.98 Å². The molecule has 0 fully saturated rings. The highest BCUT2D eigenvalue weighted by Crippen LogP contribution is 2.03. The van der Waals surface area contributed by atoms with E-state index in [4.69, 9.17) is 4.84 Å². The molecule has 0 radical (unpaired) electrons. The lowest BCUT2D eigenvalue weighted by Crippen LogP contribution is -2.34. The van der Waals surface area contributed by atoms with Gasteiger partial charge in [0, 0.05) is 17.3 Å². The van der Waals surface area contributed by atoms with E-state index in [1.54, 1.807) is 24.5 Å². The maximum absolute atomic E-state index is 11.3. The van der Waals surface area contributed by atoms with Crippen LogP contribution in [-0.4, -0.2) is 34.5 Å². The van der Waals surface area contributed by atoms with Gasteiger partial charge in [0.2, 0.25) is 0 Å². The molecule has 0 aliphatic heterocycles. The first-order valence-electron chi connectivity index (χ1n) is 4.48. The van der Waals surface area contributed by atoms with Crippen molar-refractivity contribution >= 4 is 5.91 Å². The van der Waals surface area contributed by atoms with Gasteiger partial charge >= 0.3 is 5.91 Å². The van der Waals surface area contributed by atoms with E-state index in [1.807, 2.05) is 0 Å². The molecule has 0 N–H and O–H groups in total. The fourth-order valence-corrected chi connectivity index (χ4v) is 1.10. The van der Waals surface area contributed by atoms with Crippen molar-refractivity contribution in [2.45, 2.75) is 6.54 Å². The van der Waals surface area contributed by atoms with Gasteiger partial charge in [-0.15, -0.1) is 0 Å². The molecule has 1 aromatic rings. The van der Waals surface area contributed by atoms with Gasteiger partial charge in [0.05, 0.1) is 13.7 Å². The molecule has 16 heavy (non-hydrogen) atoms. The van der Waals surface area contributed by atoms with Crippen LogP contribution in [0.25, 0.3) is 0 Å². The maximum Gasteiger partial charge on any atom is 0.318 e. The SMILES string of the molecule is CON(Cc1cccnc1)C(=O)C[N+](=O)[O-]. The van der Waals surface area contributed by atoms with E-state index in [9.17, 15) is 14.9 Å². The number of aromatic nitrogens is 1. The topological polar surface area (TPSA) is 85.6 Å². The Hall–Kier alpha value is -2.02. The summed E-state index contributed by atoms with van der Waals surface area (Å²) in [4.78, 5) is 29.4. The van der Waals surface area contributed by atoms with Crippen molar-refractivity contribution in [2.75, 3.05) is 13.7 Å². The first-order valence-corrected chi connectivity index (χ1v) is 4.48. The van der Waals surface area contributed by atoms with Crippen LogP contribution in [0.5, 0.6) is 0 Å². The Kier molecular flexibility index (Phi) is 4.34. The minimum absolute atomic E-state index is 0.136. The first kappa shape index (κ1) is 12.1. The molecule has 0 aliphatic carbocycles. The summed E-state index contributed by atoms with van der Waals surface area (Å²) >= 11 is 0. The predicted octanol–water partition coefficient (Wildman–Crippen LogP) is 0.248. The van der Waals surface area contributed by atoms with Gasteiger partial charge in [-0.25, -0.2) is 5.06 Å². The molecule has 7 nitrogen and oxygen atoms in total. The van der Waals surface area contributed by atoms with Crippen LogP contribution in [0, 0.1) is 10.1 Å². The van der Waals surface area contributed by atoms with Gasteiger partial charge in [-0.2, -0.15) is 0 Å². The van der Waals surface area contributed by atoms with Gasteiger partial charge < -0.3 is 0 Å². The van der Waals surface area contributed by atoms with Crippen molar-refractivity contribution in [2.24, 2.45) is 0 Å². The Morgan fingerprint density at radius 3 is 2.94 bits per heavy atom. The van der Waals surface area contributed by atoms with Crippen molar-refractivity contribution in [3.8, 4) is 0 Å². The molecule has 1 rings (SSSR count). The van der Waals surface area contributed by atoms with Crippen LogP contribution < -0.4 is 0 Å². The molecule has 0 aromatic carbocycles. The fourth-order valence-electron chi connectivity index (χ4n) is 1.10. The number of hydrogen-bond acceptors (Lipinski definition) is 5. The third kappa shape index (κ3) is 3.62. The average molecular weight is 225 g/mol. The Morgan fingerprint density at radius 2 is 2.44 bits per heavy atom. The van der Waals surface area contributed by atoms with Gasteiger partial charge in [-0.05, 0) is 11.6 Å². The number of nitrogens with zero attached hydrogens (tertiary/aromatic N) is 3. The lowest BCUT2D eigenvalue weighted by atomic mass is 10.3. The lowest BCUT2D eigenvalue weighted by Gasteiger charge is -2.17. The molecular formula is C9H11N3O4. The summed E-state index contributed by atoms with van der Waals surface area (Å²) in [5.41, 5.74) is 0.737. The fraction of sp³-hybridized carbons (Fsp3) is 0.333. The van der Waals surface area contributed by atoms with E-state index < -0.39 is 17.4 Å². The molecular weight excluding hydrogens is 214 g/mol. The molecule has 0 saturated carbocycles. The second-order valence-electron chi connectivity index (χ2n) is 2.97. The Morgan fingerprint density at radius 1 is 1.69 bits per heavy atom. The predicted molar refractivity (Wildman–Crippen MR) is 53.7 cm³/mol. The molecule has 1 amide bonds. The standard InChI is InChI=1S/C9H11N3O4/c1-16-11(9(13)7-12(14)15)6-8-3-2-4-10-5-8/h2-5H,6-7H2,1H3. The Labute approximate surface area is 91.8 Å². The van der Waals surface area contributed by atoms with Crippen molar-refractivity contribution in [3.05, 3.63) is 40.2 Å². The van der Waals surface area contributed by atoms with Crippen LogP contribution in [-0.2, 0) is 16.2 Å². The largest absolute Gasteiger partial charge is 0.318 e. The number of amides is 1. The molecule has 1 aromatic heterocycles. The van der Waals surface area contributed by atoms with Crippen molar-refractivity contribution in [3.63, 3.8) is 0 Å². The molecule has 0 aliphatic rings. The number of nitro groups is 1.